The number of carbonyl (C=O) groups is 4. The summed E-state index contributed by atoms with van der Waals surface area (Å²) >= 11 is 0. The topological polar surface area (TPSA) is 174 Å². The molecule has 200 valence electrons. The minimum Gasteiger partial charge on any atom is -0.447 e. The zero-order valence-electron chi connectivity index (χ0n) is 19.8. The molecule has 0 aromatic rings. The molecule has 14 nitrogen and oxygen atoms in total. The lowest BCUT2D eigenvalue weighted by atomic mass is 10.4. The smallest absolute Gasteiger partial charge is 0.404 e. The van der Waals surface area contributed by atoms with Crippen LogP contribution in [-0.2, 0) is 47.5 Å². The number of primary amides is 1. The van der Waals surface area contributed by atoms with E-state index in [1.807, 2.05) is 0 Å². The van der Waals surface area contributed by atoms with Crippen LogP contribution in [-0.4, -0.2) is 128 Å². The molecule has 14 heteroatoms. The molecule has 0 aliphatic carbocycles. The Hall–Kier alpha value is -2.62. The van der Waals surface area contributed by atoms with Gasteiger partial charge in [-0.05, 0) is 0 Å². The fourth-order valence-electron chi connectivity index (χ4n) is 2.45. The molecule has 0 radical (unpaired) electrons. The summed E-state index contributed by atoms with van der Waals surface area (Å²) in [6.07, 6.45) is 1.44. The number of nitrogens with one attached hydrogen (secondary N) is 1. The van der Waals surface area contributed by atoms with Gasteiger partial charge in [0, 0.05) is 18.7 Å². The molecule has 3 N–H and O–H groups in total. The van der Waals surface area contributed by atoms with Gasteiger partial charge in [0.2, 0.25) is 5.91 Å². The standard InChI is InChI=1S/C21H35N3O11/c22-21(28)35-16-15-34-14-13-33-12-11-32-10-9-31-8-7-30-6-5-29-4-3-23-18(25)17-24-19(26)1-2-20(24)27/h1-2H,3-17H2,(H2,22,28)(H,23,25). The van der Waals surface area contributed by atoms with Crippen LogP contribution in [0, 0.1) is 0 Å². The third kappa shape index (κ3) is 17.5. The molecule has 0 unspecified atom stereocenters. The number of carbonyl (C=O) groups excluding carboxylic acids is 4. The number of rotatable bonds is 23. The molecular weight excluding hydrogens is 470 g/mol. The Morgan fingerprint density at radius 2 is 1.03 bits per heavy atom. The Kier molecular flexibility index (Phi) is 18.0. The van der Waals surface area contributed by atoms with Crippen molar-refractivity contribution in [1.29, 1.82) is 0 Å². The van der Waals surface area contributed by atoms with E-state index in [1.165, 1.54) is 0 Å². The second kappa shape index (κ2) is 20.7. The lowest BCUT2D eigenvalue weighted by molar-refractivity contribution is -0.141. The number of imide groups is 1. The van der Waals surface area contributed by atoms with Gasteiger partial charge >= 0.3 is 6.09 Å². The van der Waals surface area contributed by atoms with Gasteiger partial charge in [-0.2, -0.15) is 0 Å². The van der Waals surface area contributed by atoms with Gasteiger partial charge in [-0.15, -0.1) is 0 Å². The van der Waals surface area contributed by atoms with Crippen LogP contribution >= 0.6 is 0 Å². The maximum atomic E-state index is 11.7. The number of ether oxygens (including phenoxy) is 7. The summed E-state index contributed by atoms with van der Waals surface area (Å²) < 4.78 is 36.4. The largest absolute Gasteiger partial charge is 0.447 e. The molecule has 0 fully saturated rings. The van der Waals surface area contributed by atoms with Crippen molar-refractivity contribution in [2.45, 2.75) is 0 Å². The van der Waals surface area contributed by atoms with Gasteiger partial charge in [-0.25, -0.2) is 4.79 Å². The SMILES string of the molecule is NC(=O)OCCOCCOCCOCCOCCOCCOCCNC(=O)CN1C(=O)C=CC1=O. The monoisotopic (exact) mass is 505 g/mol. The van der Waals surface area contributed by atoms with Crippen molar-refractivity contribution in [1.82, 2.24) is 10.2 Å². The van der Waals surface area contributed by atoms with Gasteiger partial charge in [-0.3, -0.25) is 19.3 Å². The van der Waals surface area contributed by atoms with Crippen molar-refractivity contribution in [2.24, 2.45) is 5.73 Å². The Morgan fingerprint density at radius 3 is 1.43 bits per heavy atom. The summed E-state index contributed by atoms with van der Waals surface area (Å²) in [5.41, 5.74) is 4.81. The molecule has 1 aliphatic rings. The average molecular weight is 506 g/mol. The second-order valence-electron chi connectivity index (χ2n) is 6.79. The highest BCUT2D eigenvalue weighted by atomic mass is 16.6. The van der Waals surface area contributed by atoms with E-state index in [0.717, 1.165) is 17.1 Å². The first-order valence-electron chi connectivity index (χ1n) is 11.2. The van der Waals surface area contributed by atoms with Crippen molar-refractivity contribution in [3.63, 3.8) is 0 Å². The van der Waals surface area contributed by atoms with Crippen molar-refractivity contribution >= 4 is 23.8 Å². The molecule has 0 spiro atoms. The number of amides is 4. The molecule has 1 rings (SSSR count). The van der Waals surface area contributed by atoms with Crippen LogP contribution in [0.3, 0.4) is 0 Å². The first-order chi connectivity index (χ1) is 17.0. The number of nitrogens with zero attached hydrogens (tertiary/aromatic N) is 1. The van der Waals surface area contributed by atoms with Crippen LogP contribution in [0.1, 0.15) is 0 Å². The number of hydrogen-bond acceptors (Lipinski definition) is 11. The van der Waals surface area contributed by atoms with Gasteiger partial charge < -0.3 is 44.2 Å². The van der Waals surface area contributed by atoms with E-state index in [9.17, 15) is 19.2 Å². The fraction of sp³-hybridized carbons (Fsp3) is 0.714. The van der Waals surface area contributed by atoms with Crippen molar-refractivity contribution in [3.8, 4) is 0 Å². The van der Waals surface area contributed by atoms with E-state index in [1.54, 1.807) is 0 Å². The Balaban J connectivity index is 1.72. The molecule has 1 heterocycles. The summed E-state index contributed by atoms with van der Waals surface area (Å²) in [5, 5.41) is 2.57. The highest BCUT2D eigenvalue weighted by molar-refractivity contribution is 6.14. The molecule has 1 aliphatic heterocycles. The lowest BCUT2D eigenvalue weighted by Gasteiger charge is -2.13. The Labute approximate surface area is 203 Å². The zero-order chi connectivity index (χ0) is 25.6. The second-order valence-corrected chi connectivity index (χ2v) is 6.79. The van der Waals surface area contributed by atoms with Gasteiger partial charge in [0.1, 0.15) is 13.2 Å². The minimum atomic E-state index is -0.825. The fourth-order valence-corrected chi connectivity index (χ4v) is 2.45. The van der Waals surface area contributed by atoms with Crippen LogP contribution in [0.2, 0.25) is 0 Å². The molecule has 0 aromatic heterocycles. The van der Waals surface area contributed by atoms with E-state index >= 15 is 0 Å². The van der Waals surface area contributed by atoms with Gasteiger partial charge in [-0.1, -0.05) is 0 Å². The molecule has 35 heavy (non-hydrogen) atoms. The molecule has 0 saturated carbocycles. The zero-order valence-corrected chi connectivity index (χ0v) is 19.8. The van der Waals surface area contributed by atoms with E-state index < -0.39 is 23.8 Å². The molecular formula is C21H35N3O11. The first kappa shape index (κ1) is 30.4. The van der Waals surface area contributed by atoms with E-state index in [0.29, 0.717) is 66.1 Å². The van der Waals surface area contributed by atoms with Crippen LogP contribution in [0.15, 0.2) is 12.2 Å². The molecule has 0 atom stereocenters. The summed E-state index contributed by atoms with van der Waals surface area (Å²) in [4.78, 5) is 45.6. The van der Waals surface area contributed by atoms with Crippen LogP contribution < -0.4 is 11.1 Å². The van der Waals surface area contributed by atoms with E-state index in [-0.39, 0.29) is 32.9 Å². The Morgan fingerprint density at radius 1 is 0.657 bits per heavy atom. The van der Waals surface area contributed by atoms with Crippen LogP contribution in [0.25, 0.3) is 0 Å². The predicted molar refractivity (Wildman–Crippen MR) is 119 cm³/mol. The summed E-state index contributed by atoms with van der Waals surface area (Å²) in [5.74, 6) is -1.42. The summed E-state index contributed by atoms with van der Waals surface area (Å²) in [6.45, 7) is 4.76. The number of nitrogens with two attached hydrogens (primary N) is 1. The molecule has 0 saturated heterocycles. The highest BCUT2D eigenvalue weighted by Gasteiger charge is 2.25. The first-order valence-corrected chi connectivity index (χ1v) is 11.2. The maximum Gasteiger partial charge on any atom is 0.404 e. The third-order valence-electron chi connectivity index (χ3n) is 4.10. The van der Waals surface area contributed by atoms with Crippen molar-refractivity contribution in [3.05, 3.63) is 12.2 Å². The normalized spacial score (nSPS) is 13.0. The minimum absolute atomic E-state index is 0.118. The lowest BCUT2D eigenvalue weighted by Crippen LogP contribution is -2.41. The summed E-state index contributed by atoms with van der Waals surface area (Å²) in [6, 6.07) is 0. The van der Waals surface area contributed by atoms with E-state index in [2.05, 4.69) is 10.1 Å². The average Bonchev–Trinajstić information content (AvgIpc) is 3.14. The Bertz CT molecular complexity index is 642. The molecule has 0 bridgehead atoms. The van der Waals surface area contributed by atoms with Gasteiger partial charge in [0.15, 0.2) is 0 Å². The van der Waals surface area contributed by atoms with Crippen molar-refractivity contribution in [2.75, 3.05) is 99.0 Å². The van der Waals surface area contributed by atoms with Crippen LogP contribution in [0.5, 0.6) is 0 Å². The van der Waals surface area contributed by atoms with Crippen LogP contribution in [0.4, 0.5) is 4.79 Å². The highest BCUT2D eigenvalue weighted by Crippen LogP contribution is 2.02. The third-order valence-corrected chi connectivity index (χ3v) is 4.10. The van der Waals surface area contributed by atoms with Gasteiger partial charge in [0.25, 0.3) is 11.8 Å². The summed E-state index contributed by atoms with van der Waals surface area (Å²) in [7, 11) is 0. The predicted octanol–water partition coefficient (Wildman–Crippen LogP) is -1.78. The maximum absolute atomic E-state index is 11.7. The quantitative estimate of drug-likeness (QED) is 0.119. The van der Waals surface area contributed by atoms with Gasteiger partial charge in [0.05, 0.1) is 79.3 Å². The van der Waals surface area contributed by atoms with E-state index in [4.69, 9.17) is 34.2 Å². The number of hydrogen-bond donors (Lipinski definition) is 2. The molecule has 0 aromatic carbocycles. The van der Waals surface area contributed by atoms with Crippen molar-refractivity contribution < 1.29 is 52.3 Å². The molecule has 4 amide bonds.